The molecule has 0 heterocycles. The second kappa shape index (κ2) is 5.14. The van der Waals surface area contributed by atoms with Crippen LogP contribution in [0.2, 0.25) is 0 Å². The summed E-state index contributed by atoms with van der Waals surface area (Å²) < 4.78 is 4.71. The molecular formula is C9H17NO2. The summed E-state index contributed by atoms with van der Waals surface area (Å²) in [6.45, 7) is 1.02. The second-order valence-corrected chi connectivity index (χ2v) is 3.39. The average molecular weight is 171 g/mol. The van der Waals surface area contributed by atoms with Gasteiger partial charge in [-0.15, -0.1) is 0 Å². The predicted octanol–water partition coefficient (Wildman–Crippen LogP) is 0.939. The summed E-state index contributed by atoms with van der Waals surface area (Å²) in [5, 5.41) is 2.86. The molecule has 1 saturated carbocycles. The Labute approximate surface area is 73.5 Å². The molecule has 1 rings (SSSR count). The number of methoxy groups -OCH3 is 1. The first-order chi connectivity index (χ1) is 5.83. The molecule has 0 aromatic carbocycles. The Morgan fingerprint density at radius 3 is 2.75 bits per heavy atom. The lowest BCUT2D eigenvalue weighted by atomic mass is 10.1. The van der Waals surface area contributed by atoms with Crippen molar-refractivity contribution >= 4 is 5.91 Å². The molecule has 3 nitrogen and oxygen atoms in total. The van der Waals surface area contributed by atoms with Crippen LogP contribution < -0.4 is 5.32 Å². The maximum atomic E-state index is 11.0. The minimum Gasteiger partial charge on any atom is -0.375 e. The number of rotatable bonds is 4. The van der Waals surface area contributed by atoms with Crippen LogP contribution in [0.25, 0.3) is 0 Å². The number of ether oxygens (including phenoxy) is 1. The molecule has 0 bridgehead atoms. The van der Waals surface area contributed by atoms with Crippen molar-refractivity contribution in [3.05, 3.63) is 0 Å². The van der Waals surface area contributed by atoms with E-state index in [1.54, 1.807) is 0 Å². The number of nitrogens with one attached hydrogen (secondary N) is 1. The van der Waals surface area contributed by atoms with E-state index in [1.807, 2.05) is 0 Å². The summed E-state index contributed by atoms with van der Waals surface area (Å²) in [7, 11) is 1.54. The SMILES string of the molecule is COCC(=O)NCC1CCCC1. The lowest BCUT2D eigenvalue weighted by Crippen LogP contribution is -2.31. The van der Waals surface area contributed by atoms with E-state index in [1.165, 1.54) is 32.8 Å². The minimum atomic E-state index is 0.00407. The van der Waals surface area contributed by atoms with E-state index < -0.39 is 0 Å². The summed E-state index contributed by atoms with van der Waals surface area (Å²) in [6, 6.07) is 0. The molecule has 0 radical (unpaired) electrons. The third kappa shape index (κ3) is 3.22. The van der Waals surface area contributed by atoms with Crippen LogP contribution in [0.15, 0.2) is 0 Å². The van der Waals surface area contributed by atoms with Gasteiger partial charge >= 0.3 is 0 Å². The maximum absolute atomic E-state index is 11.0. The molecule has 0 spiro atoms. The van der Waals surface area contributed by atoms with Crippen molar-refractivity contribution < 1.29 is 9.53 Å². The zero-order chi connectivity index (χ0) is 8.81. The van der Waals surface area contributed by atoms with E-state index in [0.717, 1.165) is 6.54 Å². The minimum absolute atomic E-state index is 0.00407. The van der Waals surface area contributed by atoms with Crippen LogP contribution in [0, 0.1) is 5.92 Å². The van der Waals surface area contributed by atoms with Gasteiger partial charge in [0.25, 0.3) is 0 Å². The van der Waals surface area contributed by atoms with Gasteiger partial charge < -0.3 is 10.1 Å². The van der Waals surface area contributed by atoms with E-state index >= 15 is 0 Å². The number of hydrogen-bond acceptors (Lipinski definition) is 2. The molecule has 0 atom stereocenters. The van der Waals surface area contributed by atoms with Crippen molar-refractivity contribution in [1.29, 1.82) is 0 Å². The van der Waals surface area contributed by atoms with E-state index in [9.17, 15) is 4.79 Å². The summed E-state index contributed by atoms with van der Waals surface area (Å²) in [6.07, 6.45) is 5.19. The molecule has 1 fully saturated rings. The first-order valence-corrected chi connectivity index (χ1v) is 4.58. The Balaban J connectivity index is 2.03. The van der Waals surface area contributed by atoms with Gasteiger partial charge in [0.05, 0.1) is 0 Å². The fourth-order valence-corrected chi connectivity index (χ4v) is 1.65. The molecule has 1 N–H and O–H groups in total. The first-order valence-electron chi connectivity index (χ1n) is 4.58. The highest BCUT2D eigenvalue weighted by atomic mass is 16.5. The van der Waals surface area contributed by atoms with Crippen molar-refractivity contribution in [2.45, 2.75) is 25.7 Å². The van der Waals surface area contributed by atoms with Crippen LogP contribution in [0.1, 0.15) is 25.7 Å². The molecule has 1 aliphatic carbocycles. The third-order valence-corrected chi connectivity index (χ3v) is 2.34. The predicted molar refractivity (Wildman–Crippen MR) is 46.8 cm³/mol. The lowest BCUT2D eigenvalue weighted by Gasteiger charge is -2.09. The van der Waals surface area contributed by atoms with Gasteiger partial charge in [-0.3, -0.25) is 4.79 Å². The normalized spacial score (nSPS) is 18.1. The molecule has 12 heavy (non-hydrogen) atoms. The second-order valence-electron chi connectivity index (χ2n) is 3.39. The largest absolute Gasteiger partial charge is 0.375 e. The number of hydrogen-bond donors (Lipinski definition) is 1. The fraction of sp³-hybridized carbons (Fsp3) is 0.889. The monoisotopic (exact) mass is 171 g/mol. The molecule has 0 aromatic heterocycles. The number of carbonyl (C=O) groups excluding carboxylic acids is 1. The topological polar surface area (TPSA) is 38.3 Å². The summed E-state index contributed by atoms with van der Waals surface area (Å²) in [5.41, 5.74) is 0. The zero-order valence-corrected chi connectivity index (χ0v) is 7.64. The lowest BCUT2D eigenvalue weighted by molar-refractivity contribution is -0.124. The molecule has 0 aromatic rings. The highest BCUT2D eigenvalue weighted by Crippen LogP contribution is 2.23. The van der Waals surface area contributed by atoms with Gasteiger partial charge in [-0.05, 0) is 18.8 Å². The van der Waals surface area contributed by atoms with Crippen molar-refractivity contribution in [2.24, 2.45) is 5.92 Å². The standard InChI is InChI=1S/C9H17NO2/c1-12-7-9(11)10-6-8-4-2-3-5-8/h8H,2-7H2,1H3,(H,10,11). The highest BCUT2D eigenvalue weighted by molar-refractivity contribution is 5.77. The Bertz CT molecular complexity index is 141. The van der Waals surface area contributed by atoms with Crippen molar-refractivity contribution in [1.82, 2.24) is 5.32 Å². The average Bonchev–Trinajstić information content (AvgIpc) is 2.53. The van der Waals surface area contributed by atoms with Crippen molar-refractivity contribution in [3.8, 4) is 0 Å². The van der Waals surface area contributed by atoms with Gasteiger partial charge in [0.1, 0.15) is 6.61 Å². The van der Waals surface area contributed by atoms with Gasteiger partial charge in [0.2, 0.25) is 5.91 Å². The zero-order valence-electron chi connectivity index (χ0n) is 7.64. The highest BCUT2D eigenvalue weighted by Gasteiger charge is 2.15. The number of amides is 1. The fourth-order valence-electron chi connectivity index (χ4n) is 1.65. The van der Waals surface area contributed by atoms with Crippen LogP contribution in [-0.2, 0) is 9.53 Å². The Kier molecular flexibility index (Phi) is 4.08. The number of carbonyl (C=O) groups is 1. The smallest absolute Gasteiger partial charge is 0.245 e. The molecule has 1 aliphatic rings. The van der Waals surface area contributed by atoms with Crippen molar-refractivity contribution in [2.75, 3.05) is 20.3 Å². The molecule has 0 aliphatic heterocycles. The van der Waals surface area contributed by atoms with Crippen LogP contribution in [0.5, 0.6) is 0 Å². The summed E-state index contributed by atoms with van der Waals surface area (Å²) in [5.74, 6) is 0.718. The quantitative estimate of drug-likeness (QED) is 0.683. The van der Waals surface area contributed by atoms with E-state index in [4.69, 9.17) is 4.74 Å². The van der Waals surface area contributed by atoms with Gasteiger partial charge in [0, 0.05) is 13.7 Å². The van der Waals surface area contributed by atoms with Crippen LogP contribution in [0.3, 0.4) is 0 Å². The van der Waals surface area contributed by atoms with Crippen LogP contribution in [0.4, 0.5) is 0 Å². The van der Waals surface area contributed by atoms with Gasteiger partial charge in [-0.2, -0.15) is 0 Å². The van der Waals surface area contributed by atoms with E-state index in [0.29, 0.717) is 5.92 Å². The van der Waals surface area contributed by atoms with Gasteiger partial charge in [-0.1, -0.05) is 12.8 Å². The summed E-state index contributed by atoms with van der Waals surface area (Å²) in [4.78, 5) is 11.0. The molecule has 3 heteroatoms. The molecule has 0 saturated heterocycles. The van der Waals surface area contributed by atoms with E-state index in [2.05, 4.69) is 5.32 Å². The van der Waals surface area contributed by atoms with Crippen LogP contribution in [-0.4, -0.2) is 26.2 Å². The molecule has 70 valence electrons. The first kappa shape index (κ1) is 9.52. The van der Waals surface area contributed by atoms with E-state index in [-0.39, 0.29) is 12.5 Å². The summed E-state index contributed by atoms with van der Waals surface area (Å²) >= 11 is 0. The van der Waals surface area contributed by atoms with Crippen LogP contribution >= 0.6 is 0 Å². The van der Waals surface area contributed by atoms with Gasteiger partial charge in [-0.25, -0.2) is 0 Å². The maximum Gasteiger partial charge on any atom is 0.245 e. The Morgan fingerprint density at radius 1 is 1.50 bits per heavy atom. The van der Waals surface area contributed by atoms with Gasteiger partial charge in [0.15, 0.2) is 0 Å². The Morgan fingerprint density at radius 2 is 2.17 bits per heavy atom. The third-order valence-electron chi connectivity index (χ3n) is 2.34. The molecule has 1 amide bonds. The molecular weight excluding hydrogens is 154 g/mol. The Hall–Kier alpha value is -0.570. The van der Waals surface area contributed by atoms with Crippen molar-refractivity contribution in [3.63, 3.8) is 0 Å². The molecule has 0 unspecified atom stereocenters.